The summed E-state index contributed by atoms with van der Waals surface area (Å²) in [7, 11) is -3.85. The maximum absolute atomic E-state index is 13.3. The Morgan fingerprint density at radius 2 is 1.61 bits per heavy atom. The summed E-state index contributed by atoms with van der Waals surface area (Å²) in [6, 6.07) is 24.4. The summed E-state index contributed by atoms with van der Waals surface area (Å²) in [5.74, 6) is 0.435. The van der Waals surface area contributed by atoms with Crippen molar-refractivity contribution in [2.45, 2.75) is 30.2 Å². The van der Waals surface area contributed by atoms with E-state index in [1.807, 2.05) is 68.4 Å². The topological polar surface area (TPSA) is 72.2 Å². The van der Waals surface area contributed by atoms with Crippen LogP contribution in [0.1, 0.15) is 16.7 Å². The van der Waals surface area contributed by atoms with Crippen LogP contribution < -0.4 is 5.32 Å². The molecule has 0 amide bonds. The van der Waals surface area contributed by atoms with Crippen LogP contribution in [0.4, 0.5) is 5.88 Å². The molecule has 1 aromatic heterocycles. The van der Waals surface area contributed by atoms with E-state index in [1.54, 1.807) is 24.3 Å². The second kappa shape index (κ2) is 8.78. The van der Waals surface area contributed by atoms with Crippen LogP contribution in [0.5, 0.6) is 0 Å². The van der Waals surface area contributed by atoms with Crippen LogP contribution in [0.25, 0.3) is 11.5 Å². The average Bonchev–Trinajstić information content (AvgIpc) is 3.20. The minimum atomic E-state index is -3.85. The van der Waals surface area contributed by atoms with E-state index >= 15 is 0 Å². The second-order valence-electron chi connectivity index (χ2n) is 7.50. The lowest BCUT2D eigenvalue weighted by Crippen LogP contribution is -2.09. The first kappa shape index (κ1) is 20.9. The van der Waals surface area contributed by atoms with Crippen LogP contribution >= 0.6 is 0 Å². The number of nitrogens with zero attached hydrogens (tertiary/aromatic N) is 1. The lowest BCUT2D eigenvalue weighted by molar-refractivity contribution is 0.577. The maximum Gasteiger partial charge on any atom is 0.233 e. The second-order valence-corrected chi connectivity index (χ2v) is 9.37. The van der Waals surface area contributed by atoms with Crippen molar-refractivity contribution >= 4 is 15.7 Å². The smallest absolute Gasteiger partial charge is 0.233 e. The lowest BCUT2D eigenvalue weighted by Gasteiger charge is -2.06. The van der Waals surface area contributed by atoms with Crippen molar-refractivity contribution in [1.82, 2.24) is 4.98 Å². The number of hydrogen-bond acceptors (Lipinski definition) is 5. The van der Waals surface area contributed by atoms with Gasteiger partial charge in [0.25, 0.3) is 0 Å². The summed E-state index contributed by atoms with van der Waals surface area (Å²) in [6.45, 7) is 4.40. The summed E-state index contributed by atoms with van der Waals surface area (Å²) in [6.07, 6.45) is 0.728. The Hall–Kier alpha value is -3.38. The van der Waals surface area contributed by atoms with Gasteiger partial charge in [0.1, 0.15) is 0 Å². The number of benzene rings is 3. The molecule has 6 heteroatoms. The molecule has 5 nitrogen and oxygen atoms in total. The highest BCUT2D eigenvalue weighted by molar-refractivity contribution is 7.91. The molecule has 0 bridgehead atoms. The molecule has 0 unspecified atom stereocenters. The zero-order valence-electron chi connectivity index (χ0n) is 17.5. The summed E-state index contributed by atoms with van der Waals surface area (Å²) in [4.78, 5) is 4.59. The third kappa shape index (κ3) is 4.70. The van der Waals surface area contributed by atoms with E-state index in [0.29, 0.717) is 6.54 Å². The Bertz CT molecular complexity index is 1280. The fraction of sp³-hybridized carbons (Fsp3) is 0.160. The normalized spacial score (nSPS) is 11.4. The van der Waals surface area contributed by atoms with Gasteiger partial charge >= 0.3 is 0 Å². The Kier molecular flexibility index (Phi) is 5.91. The van der Waals surface area contributed by atoms with E-state index in [1.165, 1.54) is 0 Å². The predicted octanol–water partition coefficient (Wildman–Crippen LogP) is 5.45. The van der Waals surface area contributed by atoms with Crippen molar-refractivity contribution in [2.75, 3.05) is 11.9 Å². The van der Waals surface area contributed by atoms with Crippen LogP contribution in [-0.4, -0.2) is 19.9 Å². The molecule has 3 aromatic carbocycles. The molecular formula is C25H24N2O3S. The summed E-state index contributed by atoms with van der Waals surface area (Å²) in [5.41, 5.74) is 3.91. The summed E-state index contributed by atoms with van der Waals surface area (Å²) >= 11 is 0. The van der Waals surface area contributed by atoms with E-state index in [9.17, 15) is 8.42 Å². The molecule has 0 aliphatic rings. The zero-order chi connectivity index (χ0) is 21.8. The largest absolute Gasteiger partial charge is 0.419 e. The molecule has 1 N–H and O–H groups in total. The minimum absolute atomic E-state index is 0.0964. The molecule has 0 fully saturated rings. The molecular weight excluding hydrogens is 408 g/mol. The quantitative estimate of drug-likeness (QED) is 0.421. The van der Waals surface area contributed by atoms with E-state index in [2.05, 4.69) is 10.3 Å². The molecule has 0 aliphatic heterocycles. The van der Waals surface area contributed by atoms with Crippen LogP contribution in [-0.2, 0) is 16.3 Å². The van der Waals surface area contributed by atoms with Gasteiger partial charge in [0.05, 0.1) is 4.90 Å². The van der Waals surface area contributed by atoms with Crippen molar-refractivity contribution in [2.24, 2.45) is 0 Å². The third-order valence-electron chi connectivity index (χ3n) is 4.99. The molecule has 4 rings (SSSR count). The Morgan fingerprint density at radius 1 is 0.871 bits per heavy atom. The molecule has 0 aliphatic carbocycles. The number of oxazole rings is 1. The van der Waals surface area contributed by atoms with E-state index in [0.717, 1.165) is 28.7 Å². The van der Waals surface area contributed by atoms with Crippen molar-refractivity contribution in [3.05, 3.63) is 95.6 Å². The number of hydrogen-bond donors (Lipinski definition) is 1. The van der Waals surface area contributed by atoms with Crippen molar-refractivity contribution in [1.29, 1.82) is 0 Å². The number of rotatable bonds is 7. The summed E-state index contributed by atoms with van der Waals surface area (Å²) < 4.78 is 32.6. The van der Waals surface area contributed by atoms with Gasteiger partial charge in [0, 0.05) is 12.1 Å². The molecule has 0 radical (unpaired) electrons. The molecule has 1 heterocycles. The molecule has 0 saturated heterocycles. The van der Waals surface area contributed by atoms with Crippen molar-refractivity contribution in [3.8, 4) is 11.5 Å². The molecule has 0 spiro atoms. The number of sulfone groups is 1. The fourth-order valence-corrected chi connectivity index (χ4v) is 4.57. The molecule has 31 heavy (non-hydrogen) atoms. The number of anilines is 1. The Labute approximate surface area is 182 Å². The first-order chi connectivity index (χ1) is 14.9. The third-order valence-corrected chi connectivity index (χ3v) is 6.67. The SMILES string of the molecule is Cc1ccc(S(=O)(=O)c2nc(-c3cccc(C)c3)oc2NCCc2ccccc2)cc1. The van der Waals surface area contributed by atoms with Crippen LogP contribution in [0.2, 0.25) is 0 Å². The highest BCUT2D eigenvalue weighted by atomic mass is 32.2. The Balaban J connectivity index is 1.70. The molecule has 158 valence electrons. The highest BCUT2D eigenvalue weighted by Gasteiger charge is 2.28. The van der Waals surface area contributed by atoms with Crippen molar-refractivity contribution in [3.63, 3.8) is 0 Å². The maximum atomic E-state index is 13.3. The van der Waals surface area contributed by atoms with Crippen LogP contribution in [0.15, 0.2) is 93.2 Å². The fourth-order valence-electron chi connectivity index (χ4n) is 3.30. The monoisotopic (exact) mass is 432 g/mol. The van der Waals surface area contributed by atoms with Gasteiger partial charge < -0.3 is 9.73 Å². The van der Waals surface area contributed by atoms with Gasteiger partial charge in [-0.3, -0.25) is 0 Å². The first-order valence-electron chi connectivity index (χ1n) is 10.1. The summed E-state index contributed by atoms with van der Waals surface area (Å²) in [5, 5.41) is 3.05. The van der Waals surface area contributed by atoms with E-state index in [-0.39, 0.29) is 21.7 Å². The van der Waals surface area contributed by atoms with Gasteiger partial charge in [-0.25, -0.2) is 8.42 Å². The van der Waals surface area contributed by atoms with Gasteiger partial charge in [-0.2, -0.15) is 4.98 Å². The Morgan fingerprint density at radius 3 is 2.32 bits per heavy atom. The van der Waals surface area contributed by atoms with E-state index < -0.39 is 9.84 Å². The number of aromatic nitrogens is 1. The highest BCUT2D eigenvalue weighted by Crippen LogP contribution is 2.32. The number of nitrogens with one attached hydrogen (secondary N) is 1. The standard InChI is InChI=1S/C25H24N2O3S/c1-18-11-13-22(14-12-18)31(28,29)25-24(26-16-15-20-8-4-3-5-9-20)30-23(27-25)21-10-6-7-19(2)17-21/h3-14,17,26H,15-16H2,1-2H3. The first-order valence-corrected chi connectivity index (χ1v) is 11.6. The zero-order valence-corrected chi connectivity index (χ0v) is 18.3. The predicted molar refractivity (Wildman–Crippen MR) is 122 cm³/mol. The van der Waals surface area contributed by atoms with Gasteiger partial charge in [0.2, 0.25) is 26.6 Å². The van der Waals surface area contributed by atoms with Crippen molar-refractivity contribution < 1.29 is 12.8 Å². The molecule has 0 atom stereocenters. The molecule has 4 aromatic rings. The number of aryl methyl sites for hydroxylation is 2. The van der Waals surface area contributed by atoms with Gasteiger partial charge in [0.15, 0.2) is 0 Å². The van der Waals surface area contributed by atoms with Gasteiger partial charge in [-0.15, -0.1) is 0 Å². The molecule has 0 saturated carbocycles. The lowest BCUT2D eigenvalue weighted by atomic mass is 10.1. The van der Waals surface area contributed by atoms with Crippen LogP contribution in [0.3, 0.4) is 0 Å². The average molecular weight is 433 g/mol. The van der Waals surface area contributed by atoms with E-state index in [4.69, 9.17) is 4.42 Å². The van der Waals surface area contributed by atoms with Gasteiger partial charge in [-0.05, 0) is 50.1 Å². The van der Waals surface area contributed by atoms with Crippen LogP contribution in [0, 0.1) is 13.8 Å². The minimum Gasteiger partial charge on any atom is -0.419 e. The van der Waals surface area contributed by atoms with Gasteiger partial charge in [-0.1, -0.05) is 65.7 Å².